The standard InChI is InChI=1S/C20H20N4O3/c1-12(21)19(26)23-15-8-4-5-9-17(15)24-13(2)22-16(20(24)27)11-14-7-3-6-10-18(14)25/h3-12,25H,21H2,1-2H3,(H,23,26)/b16-11-. The van der Waals surface area contributed by atoms with Gasteiger partial charge in [0.2, 0.25) is 5.91 Å². The van der Waals surface area contributed by atoms with Crippen molar-refractivity contribution in [3.05, 3.63) is 59.8 Å². The van der Waals surface area contributed by atoms with Crippen molar-refractivity contribution >= 4 is 35.1 Å². The number of anilines is 2. The van der Waals surface area contributed by atoms with Gasteiger partial charge in [-0.05, 0) is 38.1 Å². The van der Waals surface area contributed by atoms with Gasteiger partial charge in [0.25, 0.3) is 5.91 Å². The Morgan fingerprint density at radius 3 is 2.59 bits per heavy atom. The molecule has 0 radical (unpaired) electrons. The lowest BCUT2D eigenvalue weighted by molar-refractivity contribution is -0.117. The predicted molar refractivity (Wildman–Crippen MR) is 105 cm³/mol. The van der Waals surface area contributed by atoms with E-state index < -0.39 is 6.04 Å². The van der Waals surface area contributed by atoms with Gasteiger partial charge in [-0.3, -0.25) is 14.5 Å². The number of amidine groups is 1. The van der Waals surface area contributed by atoms with Gasteiger partial charge < -0.3 is 16.2 Å². The molecular formula is C20H20N4O3. The third kappa shape index (κ3) is 3.73. The molecule has 7 nitrogen and oxygen atoms in total. The Morgan fingerprint density at radius 1 is 1.22 bits per heavy atom. The summed E-state index contributed by atoms with van der Waals surface area (Å²) < 4.78 is 0. The molecule has 1 heterocycles. The zero-order chi connectivity index (χ0) is 19.6. The number of carbonyl (C=O) groups is 2. The number of amides is 2. The van der Waals surface area contributed by atoms with Crippen LogP contribution in [0.15, 0.2) is 59.2 Å². The van der Waals surface area contributed by atoms with Crippen LogP contribution in [-0.4, -0.2) is 28.8 Å². The summed E-state index contributed by atoms with van der Waals surface area (Å²) >= 11 is 0. The van der Waals surface area contributed by atoms with Gasteiger partial charge >= 0.3 is 0 Å². The van der Waals surface area contributed by atoms with E-state index in [-0.39, 0.29) is 23.3 Å². The Bertz CT molecular complexity index is 963. The Labute approximate surface area is 156 Å². The van der Waals surface area contributed by atoms with E-state index >= 15 is 0 Å². The van der Waals surface area contributed by atoms with Crippen molar-refractivity contribution in [3.63, 3.8) is 0 Å². The second kappa shape index (κ2) is 7.43. The van der Waals surface area contributed by atoms with Crippen molar-refractivity contribution in [2.45, 2.75) is 19.9 Å². The molecule has 1 aliphatic rings. The zero-order valence-corrected chi connectivity index (χ0v) is 15.0. The summed E-state index contributed by atoms with van der Waals surface area (Å²) in [6, 6.07) is 13.0. The average Bonchev–Trinajstić information content (AvgIpc) is 2.91. The lowest BCUT2D eigenvalue weighted by atomic mass is 10.1. The highest BCUT2D eigenvalue weighted by atomic mass is 16.3. The fourth-order valence-electron chi connectivity index (χ4n) is 2.69. The molecule has 0 aromatic heterocycles. The molecule has 2 aromatic carbocycles. The smallest absolute Gasteiger partial charge is 0.282 e. The molecule has 2 amide bonds. The molecule has 0 fully saturated rings. The van der Waals surface area contributed by atoms with E-state index in [1.807, 2.05) is 0 Å². The summed E-state index contributed by atoms with van der Waals surface area (Å²) in [6.45, 7) is 3.28. The molecule has 4 N–H and O–H groups in total. The van der Waals surface area contributed by atoms with Crippen LogP contribution in [-0.2, 0) is 9.59 Å². The SMILES string of the molecule is CC1=N/C(=C\c2ccccc2O)C(=O)N1c1ccccc1NC(=O)C(C)N. The molecule has 1 unspecified atom stereocenters. The van der Waals surface area contributed by atoms with Gasteiger partial charge in [-0.15, -0.1) is 0 Å². The van der Waals surface area contributed by atoms with Gasteiger partial charge in [0, 0.05) is 5.56 Å². The Balaban J connectivity index is 1.96. The molecule has 2 aromatic rings. The van der Waals surface area contributed by atoms with E-state index in [0.29, 0.717) is 22.8 Å². The number of para-hydroxylation sites is 3. The number of nitrogens with zero attached hydrogens (tertiary/aromatic N) is 2. The average molecular weight is 364 g/mol. The van der Waals surface area contributed by atoms with Crippen LogP contribution in [0.5, 0.6) is 5.75 Å². The molecule has 3 rings (SSSR count). The first-order chi connectivity index (χ1) is 12.9. The van der Waals surface area contributed by atoms with Gasteiger partial charge in [0.05, 0.1) is 17.4 Å². The summed E-state index contributed by atoms with van der Waals surface area (Å²) in [5.74, 6) is -0.176. The Hall–Kier alpha value is -3.45. The number of nitrogens with two attached hydrogens (primary N) is 1. The molecule has 0 saturated heterocycles. The lowest BCUT2D eigenvalue weighted by Crippen LogP contribution is -2.35. The summed E-state index contributed by atoms with van der Waals surface area (Å²) in [5, 5.41) is 12.7. The van der Waals surface area contributed by atoms with Crippen molar-refractivity contribution in [1.82, 2.24) is 0 Å². The molecule has 1 aliphatic heterocycles. The molecule has 27 heavy (non-hydrogen) atoms. The number of aromatic hydroxyl groups is 1. The Morgan fingerprint density at radius 2 is 1.89 bits per heavy atom. The monoisotopic (exact) mass is 364 g/mol. The van der Waals surface area contributed by atoms with Crippen molar-refractivity contribution in [2.75, 3.05) is 10.2 Å². The van der Waals surface area contributed by atoms with Crippen molar-refractivity contribution in [1.29, 1.82) is 0 Å². The van der Waals surface area contributed by atoms with Gasteiger partial charge in [0.1, 0.15) is 17.3 Å². The van der Waals surface area contributed by atoms with Gasteiger partial charge in [-0.2, -0.15) is 0 Å². The fraction of sp³-hybridized carbons (Fsp3) is 0.150. The fourth-order valence-corrected chi connectivity index (χ4v) is 2.69. The number of nitrogens with one attached hydrogen (secondary N) is 1. The zero-order valence-electron chi connectivity index (χ0n) is 15.0. The van der Waals surface area contributed by atoms with E-state index in [4.69, 9.17) is 5.73 Å². The maximum Gasteiger partial charge on any atom is 0.282 e. The number of hydrogen-bond acceptors (Lipinski definition) is 5. The van der Waals surface area contributed by atoms with E-state index in [1.54, 1.807) is 62.4 Å². The van der Waals surface area contributed by atoms with Crippen LogP contribution in [0.3, 0.4) is 0 Å². The minimum atomic E-state index is -0.682. The van der Waals surface area contributed by atoms with Crippen LogP contribution in [0.1, 0.15) is 19.4 Å². The van der Waals surface area contributed by atoms with Crippen LogP contribution in [0.4, 0.5) is 11.4 Å². The number of benzene rings is 2. The van der Waals surface area contributed by atoms with Crippen LogP contribution >= 0.6 is 0 Å². The van der Waals surface area contributed by atoms with Crippen LogP contribution < -0.4 is 16.0 Å². The third-order valence-corrected chi connectivity index (χ3v) is 4.07. The Kier molecular flexibility index (Phi) is 5.05. The quantitative estimate of drug-likeness (QED) is 0.724. The van der Waals surface area contributed by atoms with Crippen LogP contribution in [0, 0.1) is 0 Å². The first-order valence-corrected chi connectivity index (χ1v) is 8.43. The second-order valence-corrected chi connectivity index (χ2v) is 6.18. The number of phenolic OH excluding ortho intramolecular Hbond substituents is 1. The van der Waals surface area contributed by atoms with Gasteiger partial charge in [0.15, 0.2) is 0 Å². The predicted octanol–water partition coefficient (Wildman–Crippen LogP) is 2.48. The minimum absolute atomic E-state index is 0.0636. The number of hydrogen-bond donors (Lipinski definition) is 3. The molecule has 138 valence electrons. The van der Waals surface area contributed by atoms with E-state index in [1.165, 1.54) is 11.0 Å². The highest BCUT2D eigenvalue weighted by molar-refractivity contribution is 6.29. The molecule has 1 atom stereocenters. The van der Waals surface area contributed by atoms with Crippen molar-refractivity contribution in [3.8, 4) is 5.75 Å². The largest absolute Gasteiger partial charge is 0.507 e. The molecule has 0 aliphatic carbocycles. The summed E-state index contributed by atoms with van der Waals surface area (Å²) in [5.41, 5.74) is 7.27. The molecule has 0 spiro atoms. The summed E-state index contributed by atoms with van der Waals surface area (Å²) in [7, 11) is 0. The third-order valence-electron chi connectivity index (χ3n) is 4.07. The topological polar surface area (TPSA) is 108 Å². The highest BCUT2D eigenvalue weighted by Crippen LogP contribution is 2.32. The maximum absolute atomic E-state index is 12.9. The summed E-state index contributed by atoms with van der Waals surface area (Å²) in [4.78, 5) is 30.6. The minimum Gasteiger partial charge on any atom is -0.507 e. The van der Waals surface area contributed by atoms with Crippen molar-refractivity contribution < 1.29 is 14.7 Å². The first-order valence-electron chi connectivity index (χ1n) is 8.43. The number of aliphatic imine (C=N–C) groups is 1. The normalized spacial score (nSPS) is 16.4. The van der Waals surface area contributed by atoms with Crippen molar-refractivity contribution in [2.24, 2.45) is 10.7 Å². The maximum atomic E-state index is 12.9. The number of phenols is 1. The van der Waals surface area contributed by atoms with Crippen LogP contribution in [0.25, 0.3) is 6.08 Å². The molecule has 0 saturated carbocycles. The van der Waals surface area contributed by atoms with Gasteiger partial charge in [-0.1, -0.05) is 30.3 Å². The second-order valence-electron chi connectivity index (χ2n) is 6.18. The van der Waals surface area contributed by atoms with Crippen LogP contribution in [0.2, 0.25) is 0 Å². The van der Waals surface area contributed by atoms with E-state index in [0.717, 1.165) is 0 Å². The molecular weight excluding hydrogens is 344 g/mol. The van der Waals surface area contributed by atoms with E-state index in [9.17, 15) is 14.7 Å². The number of rotatable bonds is 4. The molecule has 0 bridgehead atoms. The highest BCUT2D eigenvalue weighted by Gasteiger charge is 2.31. The molecule has 7 heteroatoms. The summed E-state index contributed by atoms with van der Waals surface area (Å²) in [6.07, 6.45) is 1.53. The first kappa shape index (κ1) is 18.3. The van der Waals surface area contributed by atoms with Gasteiger partial charge in [-0.25, -0.2) is 4.99 Å². The lowest BCUT2D eigenvalue weighted by Gasteiger charge is -2.20. The van der Waals surface area contributed by atoms with E-state index in [2.05, 4.69) is 10.3 Å². The number of carbonyl (C=O) groups excluding carboxylic acids is 2.